The quantitative estimate of drug-likeness (QED) is 0.649. The summed E-state index contributed by atoms with van der Waals surface area (Å²) in [6, 6.07) is 5.11. The molecule has 0 saturated carbocycles. The minimum absolute atomic E-state index is 0.194. The number of halogens is 1. The number of anilines is 1. The molecule has 21 heavy (non-hydrogen) atoms. The van der Waals surface area contributed by atoms with Gasteiger partial charge in [-0.1, -0.05) is 6.92 Å². The zero-order chi connectivity index (χ0) is 15.2. The largest absolute Gasteiger partial charge is 0.434 e. The van der Waals surface area contributed by atoms with Gasteiger partial charge < -0.3 is 10.1 Å². The van der Waals surface area contributed by atoms with Gasteiger partial charge in [0, 0.05) is 6.54 Å². The molecule has 1 N–H and O–H groups in total. The average Bonchev–Trinajstić information content (AvgIpc) is 2.47. The highest BCUT2D eigenvalue weighted by Crippen LogP contribution is 2.29. The van der Waals surface area contributed by atoms with Crippen LogP contribution in [0.15, 0.2) is 30.5 Å². The summed E-state index contributed by atoms with van der Waals surface area (Å²) in [6.45, 7) is 2.60. The zero-order valence-corrected chi connectivity index (χ0v) is 11.2. The lowest BCUT2D eigenvalue weighted by atomic mass is 10.3. The maximum Gasteiger partial charge on any atom is 0.349 e. The molecule has 0 radical (unpaired) electrons. The molecule has 110 valence electrons. The highest BCUT2D eigenvalue weighted by Gasteiger charge is 2.19. The first-order chi connectivity index (χ1) is 10.1. The second-order valence-corrected chi connectivity index (χ2v) is 4.12. The van der Waals surface area contributed by atoms with Crippen LogP contribution in [-0.2, 0) is 0 Å². The van der Waals surface area contributed by atoms with E-state index in [2.05, 4.69) is 15.3 Å². The Morgan fingerprint density at radius 2 is 2.10 bits per heavy atom. The first-order valence-electron chi connectivity index (χ1n) is 6.29. The lowest BCUT2D eigenvalue weighted by Crippen LogP contribution is -2.06. The van der Waals surface area contributed by atoms with Crippen LogP contribution in [0.2, 0.25) is 0 Å². The van der Waals surface area contributed by atoms with E-state index in [-0.39, 0.29) is 23.3 Å². The summed E-state index contributed by atoms with van der Waals surface area (Å²) in [6.07, 6.45) is 1.93. The van der Waals surface area contributed by atoms with Crippen LogP contribution in [-0.4, -0.2) is 21.4 Å². The van der Waals surface area contributed by atoms with Gasteiger partial charge in [-0.15, -0.1) is 0 Å². The van der Waals surface area contributed by atoms with E-state index in [0.29, 0.717) is 6.54 Å². The number of rotatable bonds is 6. The Balaban J connectivity index is 2.29. The second-order valence-electron chi connectivity index (χ2n) is 4.12. The van der Waals surface area contributed by atoms with Crippen molar-refractivity contribution in [1.29, 1.82) is 0 Å². The molecule has 8 heteroatoms. The molecule has 0 aliphatic carbocycles. The summed E-state index contributed by atoms with van der Waals surface area (Å²) < 4.78 is 18.2. The Hall–Kier alpha value is -2.77. The van der Waals surface area contributed by atoms with Crippen LogP contribution in [0.1, 0.15) is 13.3 Å². The van der Waals surface area contributed by atoms with Crippen molar-refractivity contribution in [2.75, 3.05) is 11.9 Å². The smallest absolute Gasteiger partial charge is 0.349 e. The van der Waals surface area contributed by atoms with Crippen LogP contribution in [0.25, 0.3) is 0 Å². The number of hydrogen-bond donors (Lipinski definition) is 1. The molecule has 0 bridgehead atoms. The van der Waals surface area contributed by atoms with Crippen LogP contribution < -0.4 is 10.1 Å². The van der Waals surface area contributed by atoms with Crippen molar-refractivity contribution in [3.8, 4) is 11.6 Å². The van der Waals surface area contributed by atoms with Crippen LogP contribution in [0.3, 0.4) is 0 Å². The molecule has 0 unspecified atom stereocenters. The molecule has 0 amide bonds. The third-order valence-electron chi connectivity index (χ3n) is 2.49. The number of ether oxygens (including phenoxy) is 1. The number of nitrogens with zero attached hydrogens (tertiary/aromatic N) is 3. The van der Waals surface area contributed by atoms with Gasteiger partial charge in [0.15, 0.2) is 0 Å². The third kappa shape index (κ3) is 3.85. The Kier molecular flexibility index (Phi) is 4.60. The molecule has 1 aromatic heterocycles. The number of nitro groups is 1. The fourth-order valence-corrected chi connectivity index (χ4v) is 1.50. The van der Waals surface area contributed by atoms with Crippen molar-refractivity contribution in [1.82, 2.24) is 9.97 Å². The molecule has 7 nitrogen and oxygen atoms in total. The molecule has 1 aromatic carbocycles. The molecular formula is C13H13FN4O3. The second kappa shape index (κ2) is 6.60. The maximum atomic E-state index is 12.8. The van der Waals surface area contributed by atoms with Crippen molar-refractivity contribution >= 4 is 11.6 Å². The minimum atomic E-state index is -0.636. The van der Waals surface area contributed by atoms with Gasteiger partial charge in [0.1, 0.15) is 17.8 Å². The summed E-state index contributed by atoms with van der Waals surface area (Å²) in [7, 11) is 0. The van der Waals surface area contributed by atoms with Gasteiger partial charge >= 0.3 is 11.6 Å². The number of aromatic nitrogens is 2. The summed E-state index contributed by atoms with van der Waals surface area (Å²) in [5.74, 6) is -0.135. The van der Waals surface area contributed by atoms with Gasteiger partial charge in [-0.2, -0.15) is 4.98 Å². The molecule has 2 aromatic rings. The molecule has 0 aliphatic rings. The average molecular weight is 292 g/mol. The zero-order valence-electron chi connectivity index (χ0n) is 11.2. The van der Waals surface area contributed by atoms with Gasteiger partial charge in [-0.05, 0) is 30.7 Å². The van der Waals surface area contributed by atoms with E-state index in [1.165, 1.54) is 24.3 Å². The highest BCUT2D eigenvalue weighted by atomic mass is 19.1. The monoisotopic (exact) mass is 292 g/mol. The summed E-state index contributed by atoms with van der Waals surface area (Å²) in [5, 5.41) is 13.9. The molecule has 0 fully saturated rings. The summed E-state index contributed by atoms with van der Waals surface area (Å²) in [5.41, 5.74) is -0.360. The van der Waals surface area contributed by atoms with Gasteiger partial charge in [-0.25, -0.2) is 9.37 Å². The molecule has 0 spiro atoms. The maximum absolute atomic E-state index is 12.8. The summed E-state index contributed by atoms with van der Waals surface area (Å²) in [4.78, 5) is 18.1. The van der Waals surface area contributed by atoms with E-state index in [1.54, 1.807) is 0 Å². The van der Waals surface area contributed by atoms with E-state index in [9.17, 15) is 14.5 Å². The molecule has 0 saturated heterocycles. The Bertz CT molecular complexity index is 634. The number of benzene rings is 1. The normalized spacial score (nSPS) is 10.2. The predicted molar refractivity (Wildman–Crippen MR) is 73.9 cm³/mol. The lowest BCUT2D eigenvalue weighted by Gasteiger charge is -2.07. The van der Waals surface area contributed by atoms with E-state index >= 15 is 0 Å². The standard InChI is InChI=1S/C13H13FN4O3/c1-2-7-15-13-16-8-11(18(19)20)12(17-13)21-10-5-3-9(14)4-6-10/h3-6,8H,2,7H2,1H3,(H,15,16,17). The molecular weight excluding hydrogens is 279 g/mol. The SMILES string of the molecule is CCCNc1ncc([N+](=O)[O-])c(Oc2ccc(F)cc2)n1. The third-order valence-corrected chi connectivity index (χ3v) is 2.49. The minimum Gasteiger partial charge on any atom is -0.434 e. The van der Waals surface area contributed by atoms with Crippen molar-refractivity contribution in [3.05, 3.63) is 46.4 Å². The topological polar surface area (TPSA) is 90.2 Å². The Morgan fingerprint density at radius 1 is 1.38 bits per heavy atom. The molecule has 2 rings (SSSR count). The van der Waals surface area contributed by atoms with Gasteiger partial charge in [0.25, 0.3) is 0 Å². The Labute approximate surface area is 120 Å². The first-order valence-corrected chi connectivity index (χ1v) is 6.29. The van der Waals surface area contributed by atoms with Crippen LogP contribution >= 0.6 is 0 Å². The molecule has 0 aliphatic heterocycles. The first kappa shape index (κ1) is 14.6. The van der Waals surface area contributed by atoms with Crippen molar-refractivity contribution < 1.29 is 14.1 Å². The van der Waals surface area contributed by atoms with Crippen molar-refractivity contribution in [3.63, 3.8) is 0 Å². The van der Waals surface area contributed by atoms with Crippen molar-refractivity contribution in [2.45, 2.75) is 13.3 Å². The Morgan fingerprint density at radius 3 is 2.71 bits per heavy atom. The number of hydrogen-bond acceptors (Lipinski definition) is 6. The van der Waals surface area contributed by atoms with E-state index < -0.39 is 10.7 Å². The van der Waals surface area contributed by atoms with E-state index in [0.717, 1.165) is 12.6 Å². The van der Waals surface area contributed by atoms with Gasteiger partial charge in [0.2, 0.25) is 5.95 Å². The van der Waals surface area contributed by atoms with Crippen molar-refractivity contribution in [2.24, 2.45) is 0 Å². The van der Waals surface area contributed by atoms with E-state index in [1.807, 2.05) is 6.92 Å². The molecule has 0 atom stereocenters. The fraction of sp³-hybridized carbons (Fsp3) is 0.231. The van der Waals surface area contributed by atoms with E-state index in [4.69, 9.17) is 4.74 Å². The van der Waals surface area contributed by atoms with Crippen LogP contribution in [0.5, 0.6) is 11.6 Å². The van der Waals surface area contributed by atoms with Gasteiger partial charge in [0.05, 0.1) is 4.92 Å². The predicted octanol–water partition coefficient (Wildman–Crippen LogP) is 3.14. The van der Waals surface area contributed by atoms with Crippen LogP contribution in [0.4, 0.5) is 16.0 Å². The number of nitrogens with one attached hydrogen (secondary N) is 1. The lowest BCUT2D eigenvalue weighted by molar-refractivity contribution is -0.386. The highest BCUT2D eigenvalue weighted by molar-refractivity contribution is 5.45. The summed E-state index contributed by atoms with van der Waals surface area (Å²) >= 11 is 0. The van der Waals surface area contributed by atoms with Gasteiger partial charge in [-0.3, -0.25) is 10.1 Å². The van der Waals surface area contributed by atoms with Crippen LogP contribution in [0, 0.1) is 15.9 Å². The fourth-order valence-electron chi connectivity index (χ4n) is 1.50. The molecule has 1 heterocycles.